The first kappa shape index (κ1) is 16.7. The quantitative estimate of drug-likeness (QED) is 0.743. The molecular formula is C18H28BrNO. The molecule has 0 aliphatic heterocycles. The van der Waals surface area contributed by atoms with Crippen LogP contribution in [0, 0.1) is 17.8 Å². The van der Waals surface area contributed by atoms with Gasteiger partial charge in [0, 0.05) is 10.5 Å². The highest BCUT2D eigenvalue weighted by molar-refractivity contribution is 9.10. The molecule has 0 saturated heterocycles. The molecule has 1 aromatic carbocycles. The average Bonchev–Trinajstić information content (AvgIpc) is 2.28. The topological polar surface area (TPSA) is 21.3 Å². The Morgan fingerprint density at radius 1 is 1.14 bits per heavy atom. The zero-order valence-electron chi connectivity index (χ0n) is 14.1. The number of hydrogen-bond acceptors (Lipinski definition) is 2. The Hall–Kier alpha value is -0.700. The average molecular weight is 354 g/mol. The van der Waals surface area contributed by atoms with E-state index >= 15 is 0 Å². The molecule has 1 aromatic rings. The molecule has 2 rings (SSSR count). The minimum Gasteiger partial charge on any atom is -0.495 e. The Morgan fingerprint density at radius 3 is 2.24 bits per heavy atom. The van der Waals surface area contributed by atoms with Gasteiger partial charge in [-0.25, -0.2) is 0 Å². The molecule has 0 unspecified atom stereocenters. The van der Waals surface area contributed by atoms with Gasteiger partial charge in [0.25, 0.3) is 0 Å². The lowest BCUT2D eigenvalue weighted by Gasteiger charge is -2.45. The third-order valence-electron chi connectivity index (χ3n) is 4.39. The highest BCUT2D eigenvalue weighted by atomic mass is 79.9. The highest BCUT2D eigenvalue weighted by Crippen LogP contribution is 2.47. The Labute approximate surface area is 137 Å². The number of aryl methyl sites for hydroxylation is 1. The van der Waals surface area contributed by atoms with Gasteiger partial charge >= 0.3 is 0 Å². The molecule has 1 aliphatic rings. The van der Waals surface area contributed by atoms with Crippen LogP contribution in [-0.4, -0.2) is 13.2 Å². The van der Waals surface area contributed by atoms with Gasteiger partial charge in [-0.1, -0.05) is 43.6 Å². The van der Waals surface area contributed by atoms with Crippen molar-refractivity contribution >= 4 is 21.6 Å². The molecule has 1 aliphatic carbocycles. The summed E-state index contributed by atoms with van der Waals surface area (Å²) in [6.45, 7) is 11.7. The third-order valence-corrected chi connectivity index (χ3v) is 4.85. The van der Waals surface area contributed by atoms with Crippen molar-refractivity contribution < 1.29 is 4.74 Å². The monoisotopic (exact) mass is 353 g/mol. The maximum Gasteiger partial charge on any atom is 0.143 e. The molecule has 0 radical (unpaired) electrons. The lowest BCUT2D eigenvalue weighted by molar-refractivity contribution is 0.105. The largest absolute Gasteiger partial charge is 0.495 e. The van der Waals surface area contributed by atoms with Gasteiger partial charge in [0.05, 0.1) is 12.8 Å². The number of methoxy groups -OCH3 is 1. The number of anilines is 1. The van der Waals surface area contributed by atoms with E-state index in [1.807, 2.05) is 6.07 Å². The van der Waals surface area contributed by atoms with Crippen molar-refractivity contribution in [3.63, 3.8) is 0 Å². The molecule has 118 valence electrons. The van der Waals surface area contributed by atoms with E-state index in [1.165, 1.54) is 24.8 Å². The number of hydrogen-bond donors (Lipinski definition) is 1. The molecular weight excluding hydrogens is 326 g/mol. The summed E-state index contributed by atoms with van der Waals surface area (Å²) in [6.07, 6.45) is 3.69. The van der Waals surface area contributed by atoms with Crippen molar-refractivity contribution in [3.8, 4) is 5.75 Å². The molecule has 0 bridgehead atoms. The smallest absolute Gasteiger partial charge is 0.143 e. The van der Waals surface area contributed by atoms with Crippen LogP contribution in [0.5, 0.6) is 5.75 Å². The number of halogens is 1. The molecule has 0 amide bonds. The summed E-state index contributed by atoms with van der Waals surface area (Å²) in [5.74, 6) is 0.920. The molecule has 21 heavy (non-hydrogen) atoms. The van der Waals surface area contributed by atoms with Crippen LogP contribution in [-0.2, 0) is 0 Å². The van der Waals surface area contributed by atoms with Crippen LogP contribution in [0.3, 0.4) is 0 Å². The lowest BCUT2D eigenvalue weighted by Crippen LogP contribution is -2.40. The van der Waals surface area contributed by atoms with Crippen LogP contribution in [0.25, 0.3) is 0 Å². The molecule has 3 heteroatoms. The molecule has 2 nitrogen and oxygen atoms in total. The summed E-state index contributed by atoms with van der Waals surface area (Å²) >= 11 is 3.54. The Morgan fingerprint density at radius 2 is 1.71 bits per heavy atom. The second-order valence-corrected chi connectivity index (χ2v) is 8.97. The maximum absolute atomic E-state index is 5.56. The van der Waals surface area contributed by atoms with Gasteiger partial charge in [-0.15, -0.1) is 0 Å². The lowest BCUT2D eigenvalue weighted by atomic mass is 9.63. The Kier molecular flexibility index (Phi) is 4.63. The predicted octanol–water partition coefficient (Wildman–Crippen LogP) is 5.78. The van der Waals surface area contributed by atoms with E-state index in [0.717, 1.165) is 15.9 Å². The van der Waals surface area contributed by atoms with Crippen molar-refractivity contribution in [2.45, 2.75) is 59.9 Å². The van der Waals surface area contributed by atoms with Crippen molar-refractivity contribution in [1.82, 2.24) is 0 Å². The molecule has 1 fully saturated rings. The Bertz CT molecular complexity index is 506. The zero-order valence-corrected chi connectivity index (χ0v) is 15.7. The second-order valence-electron chi connectivity index (χ2n) is 8.05. The van der Waals surface area contributed by atoms with Crippen molar-refractivity contribution in [2.24, 2.45) is 10.8 Å². The summed E-state index contributed by atoms with van der Waals surface area (Å²) in [7, 11) is 1.74. The fraction of sp³-hybridized carbons (Fsp3) is 0.667. The SMILES string of the molecule is COc1cc(Br)cc(C)c1NC1CC(C)(C)CC(C)(C)C1. The molecule has 0 aromatic heterocycles. The van der Waals surface area contributed by atoms with Gasteiger partial charge < -0.3 is 10.1 Å². The van der Waals surface area contributed by atoms with Crippen molar-refractivity contribution in [2.75, 3.05) is 12.4 Å². The van der Waals surface area contributed by atoms with Crippen LogP contribution < -0.4 is 10.1 Å². The molecule has 0 heterocycles. The minimum absolute atomic E-state index is 0.385. The van der Waals surface area contributed by atoms with E-state index in [-0.39, 0.29) is 0 Å². The van der Waals surface area contributed by atoms with Gasteiger partial charge in [-0.2, -0.15) is 0 Å². The van der Waals surface area contributed by atoms with Crippen LogP contribution >= 0.6 is 15.9 Å². The van der Waals surface area contributed by atoms with Crippen LogP contribution in [0.2, 0.25) is 0 Å². The summed E-state index contributed by atoms with van der Waals surface area (Å²) in [5.41, 5.74) is 3.13. The molecule has 1 saturated carbocycles. The fourth-order valence-electron chi connectivity index (χ4n) is 4.21. The second kappa shape index (κ2) is 5.83. The molecule has 0 atom stereocenters. The van der Waals surface area contributed by atoms with E-state index in [0.29, 0.717) is 16.9 Å². The summed E-state index contributed by atoms with van der Waals surface area (Å²) in [6, 6.07) is 4.68. The van der Waals surface area contributed by atoms with Crippen molar-refractivity contribution in [3.05, 3.63) is 22.2 Å². The first-order valence-electron chi connectivity index (χ1n) is 7.73. The van der Waals surface area contributed by atoms with E-state index in [2.05, 4.69) is 61.9 Å². The van der Waals surface area contributed by atoms with Gasteiger partial charge in [-0.05, 0) is 54.7 Å². The number of ether oxygens (including phenoxy) is 1. The molecule has 0 spiro atoms. The van der Waals surface area contributed by atoms with Crippen molar-refractivity contribution in [1.29, 1.82) is 0 Å². The van der Waals surface area contributed by atoms with Crippen LogP contribution in [0.1, 0.15) is 52.5 Å². The predicted molar refractivity (Wildman–Crippen MR) is 94.3 cm³/mol. The Balaban J connectivity index is 2.26. The first-order valence-corrected chi connectivity index (χ1v) is 8.52. The number of nitrogens with one attached hydrogen (secondary N) is 1. The van der Waals surface area contributed by atoms with Crippen LogP contribution in [0.15, 0.2) is 16.6 Å². The van der Waals surface area contributed by atoms with Crippen LogP contribution in [0.4, 0.5) is 5.69 Å². The van der Waals surface area contributed by atoms with Gasteiger partial charge in [0.2, 0.25) is 0 Å². The number of benzene rings is 1. The first-order chi connectivity index (χ1) is 9.62. The van der Waals surface area contributed by atoms with E-state index in [9.17, 15) is 0 Å². The normalized spacial score (nSPS) is 21.1. The zero-order chi connectivity index (χ0) is 15.8. The number of rotatable bonds is 3. The fourth-order valence-corrected chi connectivity index (χ4v) is 4.76. The van der Waals surface area contributed by atoms with E-state index in [1.54, 1.807) is 7.11 Å². The maximum atomic E-state index is 5.56. The van der Waals surface area contributed by atoms with Gasteiger partial charge in [-0.3, -0.25) is 0 Å². The highest BCUT2D eigenvalue weighted by Gasteiger charge is 2.38. The summed E-state index contributed by atoms with van der Waals surface area (Å²) in [5, 5.41) is 3.76. The third kappa shape index (κ3) is 4.15. The standard InChI is InChI=1S/C18H28BrNO/c1-12-7-13(19)8-15(21-6)16(12)20-14-9-17(2,3)11-18(4,5)10-14/h7-8,14,20H,9-11H2,1-6H3. The summed E-state index contributed by atoms with van der Waals surface area (Å²) < 4.78 is 6.62. The summed E-state index contributed by atoms with van der Waals surface area (Å²) in [4.78, 5) is 0. The van der Waals surface area contributed by atoms with E-state index in [4.69, 9.17) is 4.74 Å². The van der Waals surface area contributed by atoms with Gasteiger partial charge in [0.1, 0.15) is 5.75 Å². The van der Waals surface area contributed by atoms with E-state index < -0.39 is 0 Å². The minimum atomic E-state index is 0.385. The molecule has 1 N–H and O–H groups in total. The van der Waals surface area contributed by atoms with Gasteiger partial charge in [0.15, 0.2) is 0 Å².